The van der Waals surface area contributed by atoms with Gasteiger partial charge in [0.05, 0.1) is 10.8 Å². The van der Waals surface area contributed by atoms with Gasteiger partial charge >= 0.3 is 0 Å². The zero-order valence-corrected chi connectivity index (χ0v) is 66.4. The fourth-order valence-electron chi connectivity index (χ4n) is 23.7. The molecule has 0 atom stereocenters. The molecule has 12 aromatic carbocycles. The second-order valence-corrected chi connectivity index (χ2v) is 34.3. The Morgan fingerprint density at radius 1 is 0.265 bits per heavy atom. The predicted molar refractivity (Wildman–Crippen MR) is 472 cm³/mol. The minimum atomic E-state index is -0.694. The molecule has 0 fully saturated rings. The topological polar surface area (TPSA) is 42.4 Å². The Kier molecular flexibility index (Phi) is 17.4. The first-order chi connectivity index (χ1) is 55.9. The highest BCUT2D eigenvalue weighted by molar-refractivity contribution is 6.22. The minimum absolute atomic E-state index is 0.184. The first kappa shape index (κ1) is 70.1. The number of unbranched alkanes of at least 4 members (excludes halogenated alkanes) is 16. The molecular formula is C109H102N2O2. The average Bonchev–Trinajstić information content (AvgIpc) is 1.49. The van der Waals surface area contributed by atoms with E-state index in [9.17, 15) is 0 Å². The molecule has 4 nitrogen and oxygen atoms in total. The van der Waals surface area contributed by atoms with E-state index in [2.05, 4.69) is 275 Å². The summed E-state index contributed by atoms with van der Waals surface area (Å²) < 4.78 is 14.6. The summed E-state index contributed by atoms with van der Waals surface area (Å²) in [5, 5.41) is 4.89. The first-order valence-electron chi connectivity index (χ1n) is 43.6. The maximum absolute atomic E-state index is 7.64. The highest BCUT2D eigenvalue weighted by Crippen LogP contribution is 2.72. The number of hydrogen-bond donors (Lipinski definition) is 0. The van der Waals surface area contributed by atoms with Crippen LogP contribution in [0.25, 0.3) is 111 Å². The lowest BCUT2D eigenvalue weighted by molar-refractivity contribution is 0.369. The minimum Gasteiger partial charge on any atom is -0.456 e. The van der Waals surface area contributed by atoms with E-state index in [1.807, 2.05) is 12.4 Å². The summed E-state index contributed by atoms with van der Waals surface area (Å²) in [6.45, 7) is 9.49. The van der Waals surface area contributed by atoms with Gasteiger partial charge in [0, 0.05) is 67.4 Å². The average molecular weight is 1470 g/mol. The monoisotopic (exact) mass is 1470 g/mol. The molecule has 0 aliphatic heterocycles. The van der Waals surface area contributed by atoms with Gasteiger partial charge in [0.15, 0.2) is 0 Å². The molecule has 0 radical (unpaired) electrons. The molecule has 0 saturated carbocycles. The molecule has 6 aliphatic carbocycles. The quantitative estimate of drug-likeness (QED) is 0.0481. The van der Waals surface area contributed by atoms with Crippen LogP contribution in [0.1, 0.15) is 249 Å². The number of anilines is 3. The van der Waals surface area contributed by atoms with Crippen LogP contribution in [0, 0.1) is 0 Å². The van der Waals surface area contributed by atoms with Crippen molar-refractivity contribution in [1.29, 1.82) is 0 Å². The fraction of sp³-hybridized carbons (Fsp3) is 0.294. The number of benzene rings is 12. The van der Waals surface area contributed by atoms with Gasteiger partial charge in [0.1, 0.15) is 22.3 Å². The smallest absolute Gasteiger partial charge is 0.144 e. The van der Waals surface area contributed by atoms with Crippen LogP contribution in [0.4, 0.5) is 17.1 Å². The molecule has 4 heteroatoms. The van der Waals surface area contributed by atoms with E-state index >= 15 is 0 Å². The molecular weight excluding hydrogens is 1370 g/mol. The third-order valence-corrected chi connectivity index (χ3v) is 28.3. The molecule has 0 amide bonds. The third-order valence-electron chi connectivity index (χ3n) is 28.3. The van der Waals surface area contributed by atoms with Crippen molar-refractivity contribution in [3.63, 3.8) is 0 Å². The van der Waals surface area contributed by atoms with Crippen LogP contribution in [0.5, 0.6) is 0 Å². The molecule has 3 aromatic heterocycles. The van der Waals surface area contributed by atoms with Crippen LogP contribution in [-0.4, -0.2) is 4.98 Å². The maximum atomic E-state index is 7.64. The normalized spacial score (nSPS) is 15.0. The summed E-state index contributed by atoms with van der Waals surface area (Å²) in [6, 6.07) is 95.1. The number of para-hydroxylation sites is 2. The largest absolute Gasteiger partial charge is 0.456 e. The zero-order chi connectivity index (χ0) is 75.6. The van der Waals surface area contributed by atoms with Gasteiger partial charge in [-0.2, -0.15) is 0 Å². The highest BCUT2D eigenvalue weighted by atomic mass is 16.3. The molecule has 2 spiro atoms. The van der Waals surface area contributed by atoms with Crippen molar-refractivity contribution in [2.24, 2.45) is 0 Å². The standard InChI is InChI=1S/C109H102N2O2/c1-5-9-13-17-35-61-106(62-36-18-14-10-6-2)85-46-28-25-43-79(85)102-104(106)103-100(101-82-45-27-34-52-96(82)113-105(101)102)80-56-54-72(67-91(80)107(103,63-37-19-15-11-7-3)64-38-20-16-12-8-4)111(71-59-65-110-66-60-71)73-53-55-78-83-69-94-84(70-93(83)109(92(78)68-73)88-49-31-23-41-76(88)77-42-24-32-50-89(77)109)98-90(57-58-97-99(98)81-44-26-33-51-95(81)112-97)108(94)86-47-29-21-39-74(86)75-40-22-30-48-87(75)108/h21-34,39-60,65-70H,5-20,35-38,61-64H2,1-4H3. The number of rotatable bonds is 27. The molecule has 0 unspecified atom stereocenters. The van der Waals surface area contributed by atoms with Crippen molar-refractivity contribution in [2.75, 3.05) is 4.90 Å². The van der Waals surface area contributed by atoms with Crippen LogP contribution in [-0.2, 0) is 21.7 Å². The van der Waals surface area contributed by atoms with Crippen molar-refractivity contribution in [3.8, 4) is 66.8 Å². The molecule has 3 heterocycles. The summed E-state index contributed by atoms with van der Waals surface area (Å²) in [5.74, 6) is 0. The maximum Gasteiger partial charge on any atom is 0.144 e. The van der Waals surface area contributed by atoms with E-state index < -0.39 is 10.8 Å². The van der Waals surface area contributed by atoms with Crippen LogP contribution >= 0.6 is 0 Å². The van der Waals surface area contributed by atoms with Gasteiger partial charge in [-0.3, -0.25) is 4.98 Å². The number of aromatic nitrogens is 1. The van der Waals surface area contributed by atoms with Gasteiger partial charge in [-0.25, -0.2) is 0 Å². The van der Waals surface area contributed by atoms with Crippen molar-refractivity contribution in [1.82, 2.24) is 4.98 Å². The Balaban J connectivity index is 0.821. The van der Waals surface area contributed by atoms with Crippen molar-refractivity contribution in [2.45, 2.75) is 203 Å². The number of pyridine rings is 1. The molecule has 0 bridgehead atoms. The van der Waals surface area contributed by atoms with Gasteiger partial charge in [-0.05, 0) is 220 Å². The Morgan fingerprint density at radius 2 is 0.664 bits per heavy atom. The van der Waals surface area contributed by atoms with Gasteiger partial charge in [0.2, 0.25) is 0 Å². The number of fused-ring (bicyclic) bond motifs is 36. The van der Waals surface area contributed by atoms with Crippen molar-refractivity contribution >= 4 is 60.9 Å². The molecule has 6 aliphatic rings. The Hall–Kier alpha value is -10.8. The molecule has 21 rings (SSSR count). The second-order valence-electron chi connectivity index (χ2n) is 34.3. The number of hydrogen-bond acceptors (Lipinski definition) is 4. The SMILES string of the molecule is CCCCCCCC1(CCCCCCC)c2ccccc2-c2c1c1c(c3c2oc2ccccc23)-c2ccc(N(c3ccncc3)c3ccc4c(c3)C3(c5ccccc5-c5ccccc53)c3cc5c(cc3-4)C3(c4ccccc4-c4ccccc43)c3ccc4oc6ccccc6c4c3-5)cc2C1(CCCCCCC)CCCCCCC. The van der Waals surface area contributed by atoms with E-state index in [4.69, 9.17) is 13.8 Å². The van der Waals surface area contributed by atoms with E-state index in [-0.39, 0.29) is 10.8 Å². The molecule has 0 saturated heterocycles. The molecule has 113 heavy (non-hydrogen) atoms. The Labute approximate surface area is 667 Å². The zero-order valence-electron chi connectivity index (χ0n) is 66.4. The number of furan rings is 2. The van der Waals surface area contributed by atoms with Gasteiger partial charge in [0.25, 0.3) is 0 Å². The third kappa shape index (κ3) is 10.1. The lowest BCUT2D eigenvalue weighted by Crippen LogP contribution is -2.33. The summed E-state index contributed by atoms with van der Waals surface area (Å²) in [7, 11) is 0. The van der Waals surface area contributed by atoms with Crippen LogP contribution in [0.15, 0.2) is 264 Å². The van der Waals surface area contributed by atoms with Gasteiger partial charge in [-0.15, -0.1) is 0 Å². The Bertz CT molecular complexity index is 6140. The van der Waals surface area contributed by atoms with Gasteiger partial charge < -0.3 is 13.7 Å². The summed E-state index contributed by atoms with van der Waals surface area (Å²) in [4.78, 5) is 7.43. The summed E-state index contributed by atoms with van der Waals surface area (Å²) >= 11 is 0. The molecule has 0 N–H and O–H groups in total. The van der Waals surface area contributed by atoms with Crippen LogP contribution < -0.4 is 4.90 Å². The first-order valence-corrected chi connectivity index (χ1v) is 43.6. The van der Waals surface area contributed by atoms with E-state index in [0.29, 0.717) is 0 Å². The van der Waals surface area contributed by atoms with E-state index in [0.717, 1.165) is 64.8 Å². The molecule has 560 valence electrons. The fourth-order valence-corrected chi connectivity index (χ4v) is 23.7. The van der Waals surface area contributed by atoms with Crippen LogP contribution in [0.3, 0.4) is 0 Å². The van der Waals surface area contributed by atoms with Crippen molar-refractivity contribution in [3.05, 3.63) is 322 Å². The Morgan fingerprint density at radius 3 is 1.21 bits per heavy atom. The lowest BCUT2D eigenvalue weighted by Gasteiger charge is -2.40. The molecule has 15 aromatic rings. The second kappa shape index (κ2) is 28.1. The van der Waals surface area contributed by atoms with Crippen LogP contribution in [0.2, 0.25) is 0 Å². The van der Waals surface area contributed by atoms with Gasteiger partial charge in [-0.1, -0.05) is 332 Å². The van der Waals surface area contributed by atoms with E-state index in [1.54, 1.807) is 16.7 Å². The van der Waals surface area contributed by atoms with Crippen molar-refractivity contribution < 1.29 is 8.83 Å². The summed E-state index contributed by atoms with van der Waals surface area (Å²) in [5.41, 5.74) is 38.5. The highest BCUT2D eigenvalue weighted by Gasteiger charge is 2.58. The lowest BCUT2D eigenvalue weighted by atomic mass is 9.62. The van der Waals surface area contributed by atoms with E-state index in [1.165, 1.54) is 267 Å². The number of nitrogens with zero attached hydrogens (tertiary/aromatic N) is 2. The summed E-state index contributed by atoms with van der Waals surface area (Å²) in [6.07, 6.45) is 33.4. The predicted octanol–water partition coefficient (Wildman–Crippen LogP) is 31.0.